The average Bonchev–Trinajstić information content (AvgIpc) is 2.83. The summed E-state index contributed by atoms with van der Waals surface area (Å²) in [6.45, 7) is 2.74. The van der Waals surface area contributed by atoms with Crippen LogP contribution >= 0.6 is 0 Å². The lowest BCUT2D eigenvalue weighted by molar-refractivity contribution is -0.138. The van der Waals surface area contributed by atoms with Gasteiger partial charge in [-0.2, -0.15) is 0 Å². The first-order valence-electron chi connectivity index (χ1n) is 10.2. The van der Waals surface area contributed by atoms with E-state index in [1.54, 1.807) is 19.1 Å². The maximum absolute atomic E-state index is 12.4. The number of nitrogens with zero attached hydrogens (tertiary/aromatic N) is 2. The van der Waals surface area contributed by atoms with Crippen LogP contribution in [0.15, 0.2) is 48.5 Å². The second-order valence-electron chi connectivity index (χ2n) is 7.16. The van der Waals surface area contributed by atoms with Gasteiger partial charge in [0.05, 0.1) is 19.9 Å². The Morgan fingerprint density at radius 1 is 0.935 bits per heavy atom. The number of rotatable bonds is 9. The minimum Gasteiger partial charge on any atom is -0.497 e. The number of para-hydroxylation sites is 2. The van der Waals surface area contributed by atoms with Crippen LogP contribution in [-0.2, 0) is 20.9 Å². The van der Waals surface area contributed by atoms with E-state index in [-0.39, 0.29) is 25.0 Å². The molecule has 1 aliphatic heterocycles. The van der Waals surface area contributed by atoms with Crippen LogP contribution in [0.1, 0.15) is 5.56 Å². The van der Waals surface area contributed by atoms with Crippen molar-refractivity contribution in [1.82, 2.24) is 10.2 Å². The summed E-state index contributed by atoms with van der Waals surface area (Å²) in [4.78, 5) is 28.4. The summed E-state index contributed by atoms with van der Waals surface area (Å²) >= 11 is 0. The minimum atomic E-state index is -0.267. The zero-order chi connectivity index (χ0) is 22.1. The Morgan fingerprint density at radius 2 is 1.71 bits per heavy atom. The van der Waals surface area contributed by atoms with Gasteiger partial charge in [0, 0.05) is 32.7 Å². The Labute approximate surface area is 182 Å². The number of carbonyl (C=O) groups excluding carboxylic acids is 2. The predicted octanol–water partition coefficient (Wildman–Crippen LogP) is 1.69. The lowest BCUT2D eigenvalue weighted by Gasteiger charge is -2.36. The van der Waals surface area contributed by atoms with Gasteiger partial charge < -0.3 is 29.3 Å². The molecule has 0 saturated carbocycles. The monoisotopic (exact) mass is 427 g/mol. The predicted molar refractivity (Wildman–Crippen MR) is 117 cm³/mol. The van der Waals surface area contributed by atoms with Gasteiger partial charge in [-0.25, -0.2) is 0 Å². The molecule has 0 atom stereocenters. The first-order chi connectivity index (χ1) is 15.1. The molecule has 1 saturated heterocycles. The Bertz CT molecular complexity index is 881. The number of nitrogens with one attached hydrogen (secondary N) is 1. The number of benzene rings is 2. The molecule has 0 radical (unpaired) electrons. The molecule has 3 rings (SSSR count). The Kier molecular flexibility index (Phi) is 8.12. The average molecular weight is 428 g/mol. The molecule has 8 nitrogen and oxygen atoms in total. The summed E-state index contributed by atoms with van der Waals surface area (Å²) in [5, 5.41) is 2.78. The molecular weight excluding hydrogens is 398 g/mol. The molecule has 0 aromatic heterocycles. The molecule has 2 amide bonds. The Balaban J connectivity index is 1.36. The van der Waals surface area contributed by atoms with Crippen LogP contribution in [0.5, 0.6) is 11.5 Å². The molecule has 166 valence electrons. The van der Waals surface area contributed by atoms with Crippen LogP contribution in [-0.4, -0.2) is 70.3 Å². The summed E-state index contributed by atoms with van der Waals surface area (Å²) < 4.78 is 15.9. The molecule has 2 aromatic rings. The summed E-state index contributed by atoms with van der Waals surface area (Å²) in [6.07, 6.45) is 0. The second kappa shape index (κ2) is 11.2. The van der Waals surface area contributed by atoms with Gasteiger partial charge in [0.1, 0.15) is 24.7 Å². The Morgan fingerprint density at radius 3 is 2.45 bits per heavy atom. The number of carbonyl (C=O) groups is 2. The van der Waals surface area contributed by atoms with Gasteiger partial charge in [-0.1, -0.05) is 24.3 Å². The van der Waals surface area contributed by atoms with Crippen molar-refractivity contribution in [3.63, 3.8) is 0 Å². The maximum Gasteiger partial charge on any atom is 0.248 e. The lowest BCUT2D eigenvalue weighted by atomic mass is 10.2. The minimum absolute atomic E-state index is 0.110. The number of piperazine rings is 1. The molecule has 0 bridgehead atoms. The molecule has 1 N–H and O–H groups in total. The fourth-order valence-electron chi connectivity index (χ4n) is 3.44. The highest BCUT2D eigenvalue weighted by Gasteiger charge is 2.23. The standard InChI is InChI=1S/C23H29N3O5/c1-29-19-7-5-6-18(14-19)15-24-22(27)16-31-17-23(28)26-12-10-25(11-13-26)20-8-3-4-9-21(20)30-2/h3-9,14H,10-13,15-17H2,1-2H3,(H,24,27). The normalized spacial score (nSPS) is 13.6. The van der Waals surface area contributed by atoms with Gasteiger partial charge in [0.2, 0.25) is 11.8 Å². The molecule has 1 aliphatic rings. The van der Waals surface area contributed by atoms with E-state index >= 15 is 0 Å². The maximum atomic E-state index is 12.4. The van der Waals surface area contributed by atoms with Crippen LogP contribution in [0.3, 0.4) is 0 Å². The molecule has 2 aromatic carbocycles. The highest BCUT2D eigenvalue weighted by molar-refractivity contribution is 5.80. The van der Waals surface area contributed by atoms with Gasteiger partial charge in [0.15, 0.2) is 0 Å². The summed E-state index contributed by atoms with van der Waals surface area (Å²) in [5.41, 5.74) is 1.96. The molecular formula is C23H29N3O5. The fourth-order valence-corrected chi connectivity index (χ4v) is 3.44. The number of anilines is 1. The molecule has 0 aliphatic carbocycles. The van der Waals surface area contributed by atoms with Gasteiger partial charge in [-0.05, 0) is 29.8 Å². The number of hydrogen-bond donors (Lipinski definition) is 1. The van der Waals surface area contributed by atoms with E-state index in [2.05, 4.69) is 10.2 Å². The lowest BCUT2D eigenvalue weighted by Crippen LogP contribution is -2.50. The van der Waals surface area contributed by atoms with Crippen molar-refractivity contribution in [2.45, 2.75) is 6.54 Å². The topological polar surface area (TPSA) is 80.3 Å². The van der Waals surface area contributed by atoms with Crippen LogP contribution in [0.4, 0.5) is 5.69 Å². The van der Waals surface area contributed by atoms with Crippen molar-refractivity contribution in [2.24, 2.45) is 0 Å². The quantitative estimate of drug-likeness (QED) is 0.656. The van der Waals surface area contributed by atoms with Gasteiger partial charge in [-0.3, -0.25) is 9.59 Å². The number of ether oxygens (including phenoxy) is 3. The first-order valence-corrected chi connectivity index (χ1v) is 10.2. The van der Waals surface area contributed by atoms with Crippen LogP contribution in [0.2, 0.25) is 0 Å². The zero-order valence-electron chi connectivity index (χ0n) is 18.0. The molecule has 0 spiro atoms. The molecule has 0 unspecified atom stereocenters. The highest BCUT2D eigenvalue weighted by Crippen LogP contribution is 2.28. The summed E-state index contributed by atoms with van der Waals surface area (Å²) in [6, 6.07) is 15.3. The van der Waals surface area contributed by atoms with E-state index in [0.717, 1.165) is 22.7 Å². The van der Waals surface area contributed by atoms with E-state index in [1.165, 1.54) is 0 Å². The van der Waals surface area contributed by atoms with Crippen molar-refractivity contribution in [3.05, 3.63) is 54.1 Å². The van der Waals surface area contributed by atoms with E-state index in [4.69, 9.17) is 14.2 Å². The van der Waals surface area contributed by atoms with E-state index in [1.807, 2.05) is 48.5 Å². The molecule has 1 heterocycles. The molecule has 8 heteroatoms. The van der Waals surface area contributed by atoms with Gasteiger partial charge in [0.25, 0.3) is 0 Å². The fraction of sp³-hybridized carbons (Fsp3) is 0.391. The Hall–Kier alpha value is -3.26. The number of hydrogen-bond acceptors (Lipinski definition) is 6. The van der Waals surface area contributed by atoms with Gasteiger partial charge >= 0.3 is 0 Å². The third-order valence-corrected chi connectivity index (χ3v) is 5.14. The van der Waals surface area contributed by atoms with Crippen LogP contribution in [0, 0.1) is 0 Å². The SMILES string of the molecule is COc1cccc(CNC(=O)COCC(=O)N2CCN(c3ccccc3OC)CC2)c1. The third-order valence-electron chi connectivity index (χ3n) is 5.14. The van der Waals surface area contributed by atoms with E-state index < -0.39 is 0 Å². The molecule has 31 heavy (non-hydrogen) atoms. The van der Waals surface area contributed by atoms with Crippen molar-refractivity contribution in [3.8, 4) is 11.5 Å². The van der Waals surface area contributed by atoms with Crippen molar-refractivity contribution in [2.75, 3.05) is 58.5 Å². The second-order valence-corrected chi connectivity index (χ2v) is 7.16. The van der Waals surface area contributed by atoms with E-state index in [0.29, 0.717) is 32.7 Å². The highest BCUT2D eigenvalue weighted by atomic mass is 16.5. The van der Waals surface area contributed by atoms with Crippen molar-refractivity contribution in [1.29, 1.82) is 0 Å². The summed E-state index contributed by atoms with van der Waals surface area (Å²) in [5.74, 6) is 1.18. The largest absolute Gasteiger partial charge is 0.497 e. The zero-order valence-corrected chi connectivity index (χ0v) is 18.0. The van der Waals surface area contributed by atoms with Crippen LogP contribution < -0.4 is 19.7 Å². The summed E-state index contributed by atoms with van der Waals surface area (Å²) in [7, 11) is 3.25. The van der Waals surface area contributed by atoms with Gasteiger partial charge in [-0.15, -0.1) is 0 Å². The third kappa shape index (κ3) is 6.36. The van der Waals surface area contributed by atoms with Crippen LogP contribution in [0.25, 0.3) is 0 Å². The number of amides is 2. The van der Waals surface area contributed by atoms with Crippen molar-refractivity contribution < 1.29 is 23.8 Å². The first kappa shape index (κ1) is 22.4. The smallest absolute Gasteiger partial charge is 0.248 e. The van der Waals surface area contributed by atoms with Crippen molar-refractivity contribution >= 4 is 17.5 Å². The van der Waals surface area contributed by atoms with E-state index in [9.17, 15) is 9.59 Å². The number of methoxy groups -OCH3 is 2. The molecule has 1 fully saturated rings.